The normalized spacial score (nSPS) is 11.4. The van der Waals surface area contributed by atoms with Crippen molar-refractivity contribution in [1.82, 2.24) is 9.88 Å². The Balaban J connectivity index is 2.00. The quantitative estimate of drug-likeness (QED) is 0.636. The maximum Gasteiger partial charge on any atom is 0.159 e. The Kier molecular flexibility index (Phi) is 5.62. The number of aromatic nitrogens is 1. The number of aliphatic imine (C=N–C) groups is 1. The minimum absolute atomic E-state index is 0.670. The summed E-state index contributed by atoms with van der Waals surface area (Å²) in [6.07, 6.45) is 5.70. The molecule has 0 unspecified atom stereocenters. The summed E-state index contributed by atoms with van der Waals surface area (Å²) in [6, 6.07) is 14.4. The van der Waals surface area contributed by atoms with Crippen LogP contribution in [-0.2, 0) is 13.1 Å². The highest BCUT2D eigenvalue weighted by molar-refractivity contribution is 8.13. The molecule has 0 amide bonds. The van der Waals surface area contributed by atoms with Crippen molar-refractivity contribution in [2.45, 2.75) is 13.1 Å². The number of benzene rings is 1. The Bertz CT molecular complexity index is 540. The van der Waals surface area contributed by atoms with E-state index in [4.69, 9.17) is 0 Å². The molecule has 4 heteroatoms. The molecule has 0 saturated carbocycles. The average molecular weight is 285 g/mol. The molecular formula is C16H19N3S. The Hall–Kier alpha value is -1.81. The van der Waals surface area contributed by atoms with Crippen LogP contribution in [0.5, 0.6) is 0 Å². The van der Waals surface area contributed by atoms with Crippen LogP contribution in [0.3, 0.4) is 0 Å². The molecule has 0 aliphatic carbocycles. The zero-order valence-electron chi connectivity index (χ0n) is 11.9. The first-order valence-electron chi connectivity index (χ1n) is 6.52. The fourth-order valence-corrected chi connectivity index (χ4v) is 2.49. The highest BCUT2D eigenvalue weighted by atomic mass is 32.2. The molecule has 1 aromatic carbocycles. The lowest BCUT2D eigenvalue weighted by Gasteiger charge is -2.20. The van der Waals surface area contributed by atoms with Gasteiger partial charge >= 0.3 is 0 Å². The van der Waals surface area contributed by atoms with E-state index >= 15 is 0 Å². The van der Waals surface area contributed by atoms with Gasteiger partial charge in [-0.15, -0.1) is 0 Å². The van der Waals surface area contributed by atoms with Crippen LogP contribution in [0.15, 0.2) is 59.9 Å². The molecule has 0 aliphatic heterocycles. The van der Waals surface area contributed by atoms with Crippen LogP contribution < -0.4 is 0 Å². The first-order valence-corrected chi connectivity index (χ1v) is 7.74. The van der Waals surface area contributed by atoms with Gasteiger partial charge in [0.15, 0.2) is 5.17 Å². The topological polar surface area (TPSA) is 28.5 Å². The second-order valence-electron chi connectivity index (χ2n) is 4.51. The second kappa shape index (κ2) is 7.70. The Morgan fingerprint density at radius 3 is 2.55 bits per heavy atom. The van der Waals surface area contributed by atoms with E-state index in [1.807, 2.05) is 24.4 Å². The first-order chi connectivity index (χ1) is 9.79. The summed E-state index contributed by atoms with van der Waals surface area (Å²) in [5.74, 6) is 0. The van der Waals surface area contributed by atoms with Crippen LogP contribution in [0.2, 0.25) is 0 Å². The molecule has 104 valence electrons. The Labute approximate surface area is 124 Å². The maximum atomic E-state index is 4.67. The molecule has 0 N–H and O–H groups in total. The molecule has 20 heavy (non-hydrogen) atoms. The van der Waals surface area contributed by atoms with E-state index in [9.17, 15) is 0 Å². The van der Waals surface area contributed by atoms with Gasteiger partial charge in [0.2, 0.25) is 0 Å². The number of thioether (sulfide) groups is 1. The van der Waals surface area contributed by atoms with Crippen molar-refractivity contribution in [2.24, 2.45) is 4.99 Å². The van der Waals surface area contributed by atoms with Crippen molar-refractivity contribution < 1.29 is 0 Å². The number of nitrogens with zero attached hydrogens (tertiary/aromatic N) is 3. The summed E-state index contributed by atoms with van der Waals surface area (Å²) < 4.78 is 0. The van der Waals surface area contributed by atoms with Crippen LogP contribution in [0.25, 0.3) is 0 Å². The number of hydrogen-bond donors (Lipinski definition) is 0. The van der Waals surface area contributed by atoms with Gasteiger partial charge in [-0.3, -0.25) is 9.98 Å². The van der Waals surface area contributed by atoms with E-state index in [0.29, 0.717) is 6.54 Å². The van der Waals surface area contributed by atoms with Gasteiger partial charge in [0, 0.05) is 26.0 Å². The monoisotopic (exact) mass is 285 g/mol. The summed E-state index contributed by atoms with van der Waals surface area (Å²) in [5.41, 5.74) is 2.42. The van der Waals surface area contributed by atoms with E-state index in [1.165, 1.54) is 5.56 Å². The minimum Gasteiger partial charge on any atom is -0.350 e. The largest absolute Gasteiger partial charge is 0.350 e. The third-order valence-corrected chi connectivity index (χ3v) is 3.70. The molecular weight excluding hydrogens is 266 g/mol. The van der Waals surface area contributed by atoms with E-state index in [0.717, 1.165) is 17.3 Å². The molecule has 0 spiro atoms. The van der Waals surface area contributed by atoms with Crippen LogP contribution in [-0.4, -0.2) is 28.4 Å². The van der Waals surface area contributed by atoms with Crippen LogP contribution in [0.4, 0.5) is 0 Å². The van der Waals surface area contributed by atoms with Gasteiger partial charge < -0.3 is 4.90 Å². The van der Waals surface area contributed by atoms with Crippen molar-refractivity contribution in [2.75, 3.05) is 13.3 Å². The van der Waals surface area contributed by atoms with E-state index < -0.39 is 0 Å². The Morgan fingerprint density at radius 2 is 1.90 bits per heavy atom. The molecule has 0 atom stereocenters. The van der Waals surface area contributed by atoms with Crippen molar-refractivity contribution in [3.8, 4) is 0 Å². The molecule has 1 heterocycles. The standard InChI is InChI=1S/C16H19N3S/c1-19(13-14-7-4-3-5-8-14)16(20-2)18-12-15-9-6-10-17-11-15/h3-11H,12-13H2,1-2H3. The predicted octanol–water partition coefficient (Wildman–Crippen LogP) is 3.43. The maximum absolute atomic E-state index is 4.67. The molecule has 2 aromatic rings. The van der Waals surface area contributed by atoms with Crippen molar-refractivity contribution in [1.29, 1.82) is 0 Å². The van der Waals surface area contributed by atoms with Gasteiger partial charge in [0.05, 0.1) is 6.54 Å². The number of pyridine rings is 1. The number of amidine groups is 1. The van der Waals surface area contributed by atoms with E-state index in [1.54, 1.807) is 18.0 Å². The van der Waals surface area contributed by atoms with Gasteiger partial charge in [-0.25, -0.2) is 0 Å². The fraction of sp³-hybridized carbons (Fsp3) is 0.250. The molecule has 0 bridgehead atoms. The molecule has 0 radical (unpaired) electrons. The average Bonchev–Trinajstić information content (AvgIpc) is 2.50. The van der Waals surface area contributed by atoms with Crippen LogP contribution >= 0.6 is 11.8 Å². The van der Waals surface area contributed by atoms with Crippen LogP contribution in [0.1, 0.15) is 11.1 Å². The summed E-state index contributed by atoms with van der Waals surface area (Å²) in [5, 5.41) is 1.04. The Morgan fingerprint density at radius 1 is 1.15 bits per heavy atom. The lowest BCUT2D eigenvalue weighted by molar-refractivity contribution is 0.508. The van der Waals surface area contributed by atoms with Gasteiger partial charge in [-0.2, -0.15) is 0 Å². The van der Waals surface area contributed by atoms with Crippen molar-refractivity contribution >= 4 is 16.9 Å². The van der Waals surface area contributed by atoms with Gasteiger partial charge in [-0.1, -0.05) is 48.2 Å². The van der Waals surface area contributed by atoms with Crippen molar-refractivity contribution in [3.63, 3.8) is 0 Å². The zero-order valence-corrected chi connectivity index (χ0v) is 12.7. The van der Waals surface area contributed by atoms with Gasteiger partial charge in [0.25, 0.3) is 0 Å². The highest BCUT2D eigenvalue weighted by Crippen LogP contribution is 2.10. The first kappa shape index (κ1) is 14.6. The lowest BCUT2D eigenvalue weighted by Crippen LogP contribution is -2.23. The number of hydrogen-bond acceptors (Lipinski definition) is 3. The van der Waals surface area contributed by atoms with E-state index in [2.05, 4.69) is 52.4 Å². The zero-order chi connectivity index (χ0) is 14.2. The molecule has 0 fully saturated rings. The van der Waals surface area contributed by atoms with Crippen LogP contribution in [0, 0.1) is 0 Å². The molecule has 0 saturated heterocycles. The van der Waals surface area contributed by atoms with E-state index in [-0.39, 0.29) is 0 Å². The van der Waals surface area contributed by atoms with Crippen molar-refractivity contribution in [3.05, 3.63) is 66.0 Å². The van der Waals surface area contributed by atoms with Gasteiger partial charge in [-0.05, 0) is 23.4 Å². The number of rotatable bonds is 4. The molecule has 3 nitrogen and oxygen atoms in total. The minimum atomic E-state index is 0.670. The summed E-state index contributed by atoms with van der Waals surface area (Å²) in [6.45, 7) is 1.54. The SMILES string of the molecule is CSC(=NCc1cccnc1)N(C)Cc1ccccc1. The summed E-state index contributed by atoms with van der Waals surface area (Å²) in [4.78, 5) is 11.0. The summed E-state index contributed by atoms with van der Waals surface area (Å²) in [7, 11) is 2.07. The molecule has 2 rings (SSSR count). The third kappa shape index (κ3) is 4.38. The molecule has 0 aliphatic rings. The third-order valence-electron chi connectivity index (χ3n) is 2.89. The van der Waals surface area contributed by atoms with Gasteiger partial charge in [0.1, 0.15) is 0 Å². The molecule has 1 aromatic heterocycles. The predicted molar refractivity (Wildman–Crippen MR) is 86.8 cm³/mol. The fourth-order valence-electron chi connectivity index (χ4n) is 1.92. The lowest BCUT2D eigenvalue weighted by atomic mass is 10.2. The smallest absolute Gasteiger partial charge is 0.159 e. The second-order valence-corrected chi connectivity index (χ2v) is 5.28. The summed E-state index contributed by atoms with van der Waals surface area (Å²) >= 11 is 1.67. The highest BCUT2D eigenvalue weighted by Gasteiger charge is 2.05.